The van der Waals surface area contributed by atoms with Crippen LogP contribution < -0.4 is 9.47 Å². The lowest BCUT2D eigenvalue weighted by Gasteiger charge is -2.16. The number of ether oxygens (including phenoxy) is 2. The highest BCUT2D eigenvalue weighted by Crippen LogP contribution is 2.36. The summed E-state index contributed by atoms with van der Waals surface area (Å²) in [5.74, 6) is -2.08. The van der Waals surface area contributed by atoms with Crippen LogP contribution in [-0.2, 0) is 0 Å². The number of hydrogen-bond donors (Lipinski definition) is 0. The van der Waals surface area contributed by atoms with Crippen LogP contribution in [0, 0.1) is 18.6 Å². The van der Waals surface area contributed by atoms with E-state index in [1.165, 1.54) is 24.3 Å². The molecule has 0 heterocycles. The van der Waals surface area contributed by atoms with Crippen molar-refractivity contribution in [3.8, 4) is 11.5 Å². The van der Waals surface area contributed by atoms with E-state index in [1.54, 1.807) is 13.0 Å². The predicted octanol–water partition coefficient (Wildman–Crippen LogP) is 5.84. The van der Waals surface area contributed by atoms with Crippen LogP contribution in [0.25, 0.3) is 0 Å². The lowest BCUT2D eigenvalue weighted by molar-refractivity contribution is 0.0681. The van der Waals surface area contributed by atoms with E-state index in [0.717, 1.165) is 29.8 Å². The van der Waals surface area contributed by atoms with Gasteiger partial charge in [0, 0.05) is 0 Å². The lowest BCUT2D eigenvalue weighted by Crippen LogP contribution is -2.14. The third kappa shape index (κ3) is 4.89. The molecule has 4 nitrogen and oxygen atoms in total. The van der Waals surface area contributed by atoms with Gasteiger partial charge in [-0.2, -0.15) is 0 Å². The Morgan fingerprint density at radius 2 is 1.23 bits per heavy atom. The van der Waals surface area contributed by atoms with Gasteiger partial charge in [0.2, 0.25) is 0 Å². The van der Waals surface area contributed by atoms with Gasteiger partial charge in [0.25, 0.3) is 0 Å². The molecule has 6 heteroatoms. The third-order valence-electron chi connectivity index (χ3n) is 4.49. The summed E-state index contributed by atoms with van der Waals surface area (Å²) < 4.78 is 37.2. The van der Waals surface area contributed by atoms with Crippen LogP contribution in [0.2, 0.25) is 0 Å². The third-order valence-corrected chi connectivity index (χ3v) is 4.49. The molecule has 0 bridgehead atoms. The highest BCUT2D eigenvalue weighted by molar-refractivity contribution is 5.93. The topological polar surface area (TPSA) is 52.6 Å². The molecule has 0 aromatic heterocycles. The Hall–Kier alpha value is -3.54. The zero-order chi connectivity index (χ0) is 21.8. The number of halogens is 2. The summed E-state index contributed by atoms with van der Waals surface area (Å²) >= 11 is 0. The zero-order valence-corrected chi connectivity index (χ0v) is 16.7. The second-order valence-corrected chi connectivity index (χ2v) is 7.11. The molecule has 0 atom stereocenters. The largest absolute Gasteiger partial charge is 0.419 e. The Bertz CT molecular complexity index is 1070. The van der Waals surface area contributed by atoms with Crippen LogP contribution in [-0.4, -0.2) is 11.9 Å². The minimum atomic E-state index is -0.714. The maximum atomic E-state index is 13.1. The van der Waals surface area contributed by atoms with E-state index in [2.05, 4.69) is 0 Å². The van der Waals surface area contributed by atoms with E-state index in [1.807, 2.05) is 19.9 Å². The fraction of sp³-hybridized carbons (Fsp3) is 0.167. The molecular formula is C24H20F2O4. The highest BCUT2D eigenvalue weighted by atomic mass is 19.1. The van der Waals surface area contributed by atoms with Crippen molar-refractivity contribution < 1.29 is 27.8 Å². The van der Waals surface area contributed by atoms with Crippen LogP contribution in [0.15, 0.2) is 60.7 Å². The van der Waals surface area contributed by atoms with Crippen molar-refractivity contribution in [2.24, 2.45) is 0 Å². The van der Waals surface area contributed by atoms with Gasteiger partial charge in [-0.15, -0.1) is 0 Å². The number of benzene rings is 3. The lowest BCUT2D eigenvalue weighted by atomic mass is 10.00. The smallest absolute Gasteiger partial charge is 0.343 e. The first-order valence-electron chi connectivity index (χ1n) is 9.34. The number of hydrogen-bond acceptors (Lipinski definition) is 4. The molecule has 0 spiro atoms. The molecule has 0 aliphatic rings. The van der Waals surface area contributed by atoms with Crippen molar-refractivity contribution in [1.29, 1.82) is 0 Å². The molecule has 0 saturated carbocycles. The van der Waals surface area contributed by atoms with Crippen molar-refractivity contribution >= 4 is 11.9 Å². The second kappa shape index (κ2) is 8.86. The maximum Gasteiger partial charge on any atom is 0.343 e. The normalized spacial score (nSPS) is 10.7. The fourth-order valence-corrected chi connectivity index (χ4v) is 2.79. The monoisotopic (exact) mass is 410 g/mol. The molecule has 0 N–H and O–H groups in total. The first-order chi connectivity index (χ1) is 14.2. The zero-order valence-electron chi connectivity index (χ0n) is 16.7. The summed E-state index contributed by atoms with van der Waals surface area (Å²) in [5.41, 5.74) is 1.79. The number of esters is 2. The first kappa shape index (κ1) is 21.2. The van der Waals surface area contributed by atoms with Gasteiger partial charge >= 0.3 is 11.9 Å². The Labute approximate surface area is 173 Å². The first-order valence-corrected chi connectivity index (χ1v) is 9.34. The van der Waals surface area contributed by atoms with Gasteiger partial charge in [0.1, 0.15) is 11.6 Å². The summed E-state index contributed by atoms with van der Waals surface area (Å²) in [4.78, 5) is 25.1. The summed E-state index contributed by atoms with van der Waals surface area (Å²) in [6.07, 6.45) is 0. The minimum Gasteiger partial charge on any atom is -0.419 e. The van der Waals surface area contributed by atoms with Gasteiger partial charge in [-0.3, -0.25) is 0 Å². The van der Waals surface area contributed by atoms with E-state index >= 15 is 0 Å². The van der Waals surface area contributed by atoms with Crippen molar-refractivity contribution in [3.05, 3.63) is 94.6 Å². The molecule has 0 aliphatic carbocycles. The average Bonchev–Trinajstić information content (AvgIpc) is 2.71. The summed E-state index contributed by atoms with van der Waals surface area (Å²) in [7, 11) is 0. The fourth-order valence-electron chi connectivity index (χ4n) is 2.79. The molecular weight excluding hydrogens is 390 g/mol. The van der Waals surface area contributed by atoms with Crippen LogP contribution in [0.5, 0.6) is 11.5 Å². The Balaban J connectivity index is 1.95. The highest BCUT2D eigenvalue weighted by Gasteiger charge is 2.20. The quantitative estimate of drug-likeness (QED) is 0.392. The van der Waals surface area contributed by atoms with Gasteiger partial charge in [0.05, 0.1) is 11.1 Å². The average molecular weight is 410 g/mol. The van der Waals surface area contributed by atoms with Crippen LogP contribution >= 0.6 is 0 Å². The number of rotatable bonds is 5. The summed E-state index contributed by atoms with van der Waals surface area (Å²) in [6, 6.07) is 13.3. The molecule has 0 saturated heterocycles. The maximum absolute atomic E-state index is 13.1. The molecule has 30 heavy (non-hydrogen) atoms. The van der Waals surface area contributed by atoms with E-state index in [-0.39, 0.29) is 28.5 Å². The number of carbonyl (C=O) groups is 2. The van der Waals surface area contributed by atoms with E-state index < -0.39 is 23.6 Å². The van der Waals surface area contributed by atoms with Gasteiger partial charge in [0.15, 0.2) is 11.5 Å². The van der Waals surface area contributed by atoms with E-state index in [4.69, 9.17) is 9.47 Å². The molecule has 3 rings (SSSR count). The molecule has 0 unspecified atom stereocenters. The van der Waals surface area contributed by atoms with Crippen LogP contribution in [0.1, 0.15) is 51.6 Å². The molecule has 3 aromatic rings. The minimum absolute atomic E-state index is 0.0727. The van der Waals surface area contributed by atoms with Crippen molar-refractivity contribution in [3.63, 3.8) is 0 Å². The molecule has 154 valence electrons. The van der Waals surface area contributed by atoms with Gasteiger partial charge in [-0.1, -0.05) is 19.9 Å². The van der Waals surface area contributed by atoms with Crippen molar-refractivity contribution in [1.82, 2.24) is 0 Å². The number of carbonyl (C=O) groups excluding carboxylic acids is 2. The van der Waals surface area contributed by atoms with Crippen LogP contribution in [0.3, 0.4) is 0 Å². The van der Waals surface area contributed by atoms with E-state index in [9.17, 15) is 18.4 Å². The summed E-state index contributed by atoms with van der Waals surface area (Å²) in [5, 5.41) is 0. The van der Waals surface area contributed by atoms with Gasteiger partial charge < -0.3 is 9.47 Å². The van der Waals surface area contributed by atoms with E-state index in [0.29, 0.717) is 5.56 Å². The number of aryl methyl sites for hydroxylation is 1. The molecule has 3 aromatic carbocycles. The molecule has 0 aliphatic heterocycles. The second-order valence-electron chi connectivity index (χ2n) is 7.11. The predicted molar refractivity (Wildman–Crippen MR) is 108 cm³/mol. The summed E-state index contributed by atoms with van der Waals surface area (Å²) in [6.45, 7) is 5.68. The molecule has 0 radical (unpaired) electrons. The SMILES string of the molecule is Cc1cc(C(C)C)cc(OC(=O)c2ccc(F)cc2)c1OC(=O)c1ccc(F)cc1. The molecule has 0 amide bonds. The Kier molecular flexibility index (Phi) is 6.26. The van der Waals surface area contributed by atoms with Gasteiger partial charge in [-0.25, -0.2) is 18.4 Å². The Morgan fingerprint density at radius 3 is 1.70 bits per heavy atom. The van der Waals surface area contributed by atoms with Gasteiger partial charge in [-0.05, 0) is 78.6 Å². The molecule has 0 fully saturated rings. The van der Waals surface area contributed by atoms with Crippen molar-refractivity contribution in [2.45, 2.75) is 26.7 Å². The van der Waals surface area contributed by atoms with Crippen molar-refractivity contribution in [2.75, 3.05) is 0 Å². The standard InChI is InChI=1S/C24H20F2O4/c1-14(2)18-12-15(3)22(30-24(28)17-6-10-20(26)11-7-17)21(13-18)29-23(27)16-4-8-19(25)9-5-16/h4-14H,1-3H3. The Morgan fingerprint density at radius 1 is 0.767 bits per heavy atom. The van der Waals surface area contributed by atoms with Crippen LogP contribution in [0.4, 0.5) is 8.78 Å².